The number of rotatable bonds is 1. The Hall–Kier alpha value is -0.900. The summed E-state index contributed by atoms with van der Waals surface area (Å²) in [6.45, 7) is 4.68. The van der Waals surface area contributed by atoms with E-state index in [-0.39, 0.29) is 5.60 Å². The van der Waals surface area contributed by atoms with Crippen molar-refractivity contribution in [3.8, 4) is 0 Å². The van der Waals surface area contributed by atoms with Crippen molar-refractivity contribution in [2.45, 2.75) is 43.7 Å². The molecule has 1 N–H and O–H groups in total. The van der Waals surface area contributed by atoms with E-state index in [1.807, 2.05) is 0 Å². The van der Waals surface area contributed by atoms with E-state index in [4.69, 9.17) is 9.47 Å². The Bertz CT molecular complexity index is 494. The predicted octanol–water partition coefficient (Wildman–Crippen LogP) is 2.39. The summed E-state index contributed by atoms with van der Waals surface area (Å²) in [5.74, 6) is 0.639. The van der Waals surface area contributed by atoms with Crippen LogP contribution < -0.4 is 5.32 Å². The molecule has 2 unspecified atom stereocenters. The molecule has 2 saturated heterocycles. The minimum atomic E-state index is 0.00768. The average Bonchev–Trinajstić information content (AvgIpc) is 2.94. The van der Waals surface area contributed by atoms with Crippen LogP contribution in [0.15, 0.2) is 18.2 Å². The Morgan fingerprint density at radius 2 is 2.25 bits per heavy atom. The molecule has 20 heavy (non-hydrogen) atoms. The fourth-order valence-electron chi connectivity index (χ4n) is 4.08. The van der Waals surface area contributed by atoms with Crippen LogP contribution >= 0.6 is 0 Å². The lowest BCUT2D eigenvalue weighted by Gasteiger charge is -2.38. The number of fused-ring (bicyclic) bond motifs is 1. The third kappa shape index (κ3) is 2.18. The molecule has 1 aromatic carbocycles. The molecule has 3 heteroatoms. The third-order valence-corrected chi connectivity index (χ3v) is 5.18. The zero-order chi connectivity index (χ0) is 13.4. The molecule has 2 atom stereocenters. The topological polar surface area (TPSA) is 30.5 Å². The summed E-state index contributed by atoms with van der Waals surface area (Å²) in [5, 5.41) is 3.53. The minimum absolute atomic E-state index is 0.00768. The van der Waals surface area contributed by atoms with E-state index in [0.29, 0.717) is 5.92 Å². The first-order valence-corrected chi connectivity index (χ1v) is 7.89. The highest BCUT2D eigenvalue weighted by Gasteiger charge is 2.41. The zero-order valence-corrected chi connectivity index (χ0v) is 12.0. The van der Waals surface area contributed by atoms with Crippen molar-refractivity contribution in [1.82, 2.24) is 5.32 Å². The first-order chi connectivity index (χ1) is 9.86. The van der Waals surface area contributed by atoms with Gasteiger partial charge >= 0.3 is 0 Å². The van der Waals surface area contributed by atoms with Gasteiger partial charge in [0.25, 0.3) is 0 Å². The fraction of sp³-hybridized carbons (Fsp3) is 0.647. The van der Waals surface area contributed by atoms with Gasteiger partial charge in [-0.2, -0.15) is 0 Å². The number of benzene rings is 1. The number of ether oxygens (including phenoxy) is 2. The van der Waals surface area contributed by atoms with Crippen molar-refractivity contribution in [2.24, 2.45) is 0 Å². The molecule has 3 aliphatic rings. The van der Waals surface area contributed by atoms with Crippen LogP contribution in [-0.4, -0.2) is 32.0 Å². The van der Waals surface area contributed by atoms with Gasteiger partial charge in [0.2, 0.25) is 0 Å². The molecule has 0 amide bonds. The molecule has 0 saturated carbocycles. The lowest BCUT2D eigenvalue weighted by Crippen LogP contribution is -2.40. The van der Waals surface area contributed by atoms with Gasteiger partial charge in [0.15, 0.2) is 0 Å². The molecule has 0 radical (unpaired) electrons. The molecule has 1 spiro atoms. The second kappa shape index (κ2) is 5.14. The second-order valence-electron chi connectivity index (χ2n) is 6.44. The summed E-state index contributed by atoms with van der Waals surface area (Å²) >= 11 is 0. The first-order valence-electron chi connectivity index (χ1n) is 7.89. The standard InChI is InChI=1S/C17H23NO2/c1-2-13-4-7-18-11-16(13)15(3-1)14-5-8-20-17(10-14)6-9-19-12-17/h1-3,14,18H,4-12H2. The van der Waals surface area contributed by atoms with Crippen molar-refractivity contribution in [1.29, 1.82) is 0 Å². The van der Waals surface area contributed by atoms with Gasteiger partial charge < -0.3 is 14.8 Å². The molecular formula is C17H23NO2. The summed E-state index contributed by atoms with van der Waals surface area (Å²) in [4.78, 5) is 0. The van der Waals surface area contributed by atoms with Gasteiger partial charge in [-0.25, -0.2) is 0 Å². The second-order valence-corrected chi connectivity index (χ2v) is 6.44. The Balaban J connectivity index is 1.64. The van der Waals surface area contributed by atoms with E-state index in [9.17, 15) is 0 Å². The van der Waals surface area contributed by atoms with Crippen LogP contribution in [-0.2, 0) is 22.4 Å². The van der Waals surface area contributed by atoms with Crippen LogP contribution in [0.4, 0.5) is 0 Å². The van der Waals surface area contributed by atoms with Crippen molar-refractivity contribution < 1.29 is 9.47 Å². The number of nitrogens with one attached hydrogen (secondary N) is 1. The molecule has 2 fully saturated rings. The molecule has 3 nitrogen and oxygen atoms in total. The molecule has 1 aromatic rings. The maximum atomic E-state index is 6.08. The third-order valence-electron chi connectivity index (χ3n) is 5.18. The summed E-state index contributed by atoms with van der Waals surface area (Å²) < 4.78 is 11.7. The highest BCUT2D eigenvalue weighted by Crippen LogP contribution is 2.42. The van der Waals surface area contributed by atoms with Gasteiger partial charge in [-0.1, -0.05) is 18.2 Å². The molecule has 0 aliphatic carbocycles. The Morgan fingerprint density at radius 1 is 1.25 bits per heavy atom. The van der Waals surface area contributed by atoms with E-state index in [0.717, 1.165) is 52.2 Å². The lowest BCUT2D eigenvalue weighted by atomic mass is 9.78. The summed E-state index contributed by atoms with van der Waals surface area (Å²) in [6.07, 6.45) is 4.51. The van der Waals surface area contributed by atoms with Crippen molar-refractivity contribution in [3.63, 3.8) is 0 Å². The Kier molecular flexibility index (Phi) is 3.29. The monoisotopic (exact) mass is 273 g/mol. The SMILES string of the molecule is c1cc2c(c(C3CCOC4(CCOC4)C3)c1)CNCC2. The van der Waals surface area contributed by atoms with Gasteiger partial charge in [0, 0.05) is 26.2 Å². The molecular weight excluding hydrogens is 250 g/mol. The zero-order valence-electron chi connectivity index (χ0n) is 12.0. The first kappa shape index (κ1) is 12.8. The Morgan fingerprint density at radius 3 is 3.15 bits per heavy atom. The summed E-state index contributed by atoms with van der Waals surface area (Å²) in [7, 11) is 0. The molecule has 3 heterocycles. The van der Waals surface area contributed by atoms with E-state index < -0.39 is 0 Å². The average molecular weight is 273 g/mol. The van der Waals surface area contributed by atoms with Gasteiger partial charge in [-0.05, 0) is 48.4 Å². The van der Waals surface area contributed by atoms with Crippen LogP contribution in [0.1, 0.15) is 41.9 Å². The minimum Gasteiger partial charge on any atom is -0.378 e. The van der Waals surface area contributed by atoms with E-state index >= 15 is 0 Å². The van der Waals surface area contributed by atoms with E-state index in [1.54, 1.807) is 16.7 Å². The van der Waals surface area contributed by atoms with Crippen LogP contribution in [0, 0.1) is 0 Å². The molecule has 4 rings (SSSR count). The maximum Gasteiger partial charge on any atom is 0.0942 e. The van der Waals surface area contributed by atoms with Gasteiger partial charge in [-0.3, -0.25) is 0 Å². The van der Waals surface area contributed by atoms with Crippen LogP contribution in [0.2, 0.25) is 0 Å². The van der Waals surface area contributed by atoms with Gasteiger partial charge in [-0.15, -0.1) is 0 Å². The highest BCUT2D eigenvalue weighted by atomic mass is 16.6. The predicted molar refractivity (Wildman–Crippen MR) is 77.9 cm³/mol. The quantitative estimate of drug-likeness (QED) is 0.852. The normalized spacial score (nSPS) is 33.3. The summed E-state index contributed by atoms with van der Waals surface area (Å²) in [6, 6.07) is 6.88. The van der Waals surface area contributed by atoms with Crippen LogP contribution in [0.5, 0.6) is 0 Å². The fourth-order valence-corrected chi connectivity index (χ4v) is 4.08. The molecule has 3 aliphatic heterocycles. The number of hydrogen-bond donors (Lipinski definition) is 1. The molecule has 108 valence electrons. The largest absolute Gasteiger partial charge is 0.378 e. The number of hydrogen-bond acceptors (Lipinski definition) is 3. The lowest BCUT2D eigenvalue weighted by molar-refractivity contribution is -0.0864. The molecule has 0 aromatic heterocycles. The van der Waals surface area contributed by atoms with Crippen LogP contribution in [0.3, 0.4) is 0 Å². The van der Waals surface area contributed by atoms with E-state index in [1.165, 1.54) is 6.42 Å². The van der Waals surface area contributed by atoms with Crippen molar-refractivity contribution in [3.05, 3.63) is 34.9 Å². The Labute approximate surface area is 120 Å². The van der Waals surface area contributed by atoms with Gasteiger partial charge in [0.05, 0.1) is 12.2 Å². The highest BCUT2D eigenvalue weighted by molar-refractivity contribution is 5.39. The maximum absolute atomic E-state index is 6.08. The van der Waals surface area contributed by atoms with Crippen LogP contribution in [0.25, 0.3) is 0 Å². The van der Waals surface area contributed by atoms with Gasteiger partial charge in [0.1, 0.15) is 0 Å². The molecule has 0 bridgehead atoms. The van der Waals surface area contributed by atoms with Crippen molar-refractivity contribution >= 4 is 0 Å². The smallest absolute Gasteiger partial charge is 0.0942 e. The van der Waals surface area contributed by atoms with E-state index in [2.05, 4.69) is 23.5 Å². The van der Waals surface area contributed by atoms with Crippen molar-refractivity contribution in [2.75, 3.05) is 26.4 Å². The summed E-state index contributed by atoms with van der Waals surface area (Å²) in [5.41, 5.74) is 4.67.